The van der Waals surface area contributed by atoms with Crippen LogP contribution in [0.25, 0.3) is 0 Å². The summed E-state index contributed by atoms with van der Waals surface area (Å²) >= 11 is 0. The second-order valence-corrected chi connectivity index (χ2v) is 7.82. The van der Waals surface area contributed by atoms with Crippen molar-refractivity contribution in [2.75, 3.05) is 27.2 Å². The molecule has 0 radical (unpaired) electrons. The Morgan fingerprint density at radius 1 is 1.24 bits per heavy atom. The minimum absolute atomic E-state index is 0.0356. The molecular formula is C18H28N4O3. The lowest BCUT2D eigenvalue weighted by Crippen LogP contribution is -2.43. The van der Waals surface area contributed by atoms with Gasteiger partial charge in [-0.3, -0.25) is 4.79 Å². The summed E-state index contributed by atoms with van der Waals surface area (Å²) in [6, 6.07) is 2.32. The van der Waals surface area contributed by atoms with E-state index in [1.165, 1.54) is 4.90 Å². The number of rotatable bonds is 4. The molecule has 0 aromatic heterocycles. The number of nitriles is 1. The number of carbonyl (C=O) groups is 2. The molecule has 1 N–H and O–H groups in total. The fraction of sp³-hybridized carbons (Fsp3) is 0.833. The molecule has 3 aliphatic rings. The highest BCUT2D eigenvalue weighted by molar-refractivity contribution is 5.79. The molecule has 1 heterocycles. The highest BCUT2D eigenvalue weighted by Gasteiger charge is 2.43. The highest BCUT2D eigenvalue weighted by Crippen LogP contribution is 2.45. The van der Waals surface area contributed by atoms with Gasteiger partial charge in [-0.1, -0.05) is 0 Å². The zero-order chi connectivity index (χ0) is 18.0. The number of nitrogens with one attached hydrogen (secondary N) is 1. The smallest absolute Gasteiger partial charge is 0.409 e. The molecule has 2 amide bonds. The minimum atomic E-state index is -0.261. The Bertz CT molecular complexity index is 545. The van der Waals surface area contributed by atoms with Crippen LogP contribution in [0.4, 0.5) is 4.79 Å². The van der Waals surface area contributed by atoms with Crippen molar-refractivity contribution >= 4 is 12.0 Å². The van der Waals surface area contributed by atoms with Crippen LogP contribution in [-0.4, -0.2) is 67.2 Å². The van der Waals surface area contributed by atoms with Crippen LogP contribution >= 0.6 is 0 Å². The molecular weight excluding hydrogens is 320 g/mol. The second-order valence-electron chi connectivity index (χ2n) is 7.82. The quantitative estimate of drug-likeness (QED) is 0.829. The van der Waals surface area contributed by atoms with Crippen molar-refractivity contribution in [1.29, 1.82) is 5.26 Å². The average Bonchev–Trinajstić information content (AvgIpc) is 3.26. The third-order valence-corrected chi connectivity index (χ3v) is 5.87. The van der Waals surface area contributed by atoms with Crippen molar-refractivity contribution in [1.82, 2.24) is 15.1 Å². The third-order valence-electron chi connectivity index (χ3n) is 5.87. The topological polar surface area (TPSA) is 85.7 Å². The van der Waals surface area contributed by atoms with Crippen molar-refractivity contribution in [3.8, 4) is 6.07 Å². The Morgan fingerprint density at radius 3 is 2.52 bits per heavy atom. The SMILES string of the molecule is CN(C)C(=O)OC1C[C@H]2CC(NCC(=O)N3CCC[C@H]3C#N)C[C@H]2C1. The maximum Gasteiger partial charge on any atom is 0.409 e. The van der Waals surface area contributed by atoms with Crippen LogP contribution in [-0.2, 0) is 9.53 Å². The monoisotopic (exact) mass is 348 g/mol. The molecule has 0 spiro atoms. The zero-order valence-corrected chi connectivity index (χ0v) is 15.1. The first-order valence-corrected chi connectivity index (χ1v) is 9.28. The zero-order valence-electron chi connectivity index (χ0n) is 15.1. The van der Waals surface area contributed by atoms with Gasteiger partial charge >= 0.3 is 6.09 Å². The van der Waals surface area contributed by atoms with E-state index in [0.717, 1.165) is 38.5 Å². The number of hydrogen-bond acceptors (Lipinski definition) is 5. The van der Waals surface area contributed by atoms with E-state index in [9.17, 15) is 9.59 Å². The summed E-state index contributed by atoms with van der Waals surface area (Å²) in [6.07, 6.45) is 5.42. The van der Waals surface area contributed by atoms with Crippen molar-refractivity contribution in [3.05, 3.63) is 0 Å². The Balaban J connectivity index is 1.40. The Labute approximate surface area is 149 Å². The first-order valence-electron chi connectivity index (χ1n) is 9.28. The van der Waals surface area contributed by atoms with Gasteiger partial charge < -0.3 is 19.9 Å². The molecule has 2 unspecified atom stereocenters. The number of hydrogen-bond donors (Lipinski definition) is 1. The summed E-state index contributed by atoms with van der Waals surface area (Å²) < 4.78 is 5.51. The van der Waals surface area contributed by atoms with Gasteiger partial charge in [-0.15, -0.1) is 0 Å². The van der Waals surface area contributed by atoms with Gasteiger partial charge in [-0.2, -0.15) is 5.26 Å². The van der Waals surface area contributed by atoms with Crippen LogP contribution in [0, 0.1) is 23.2 Å². The summed E-state index contributed by atoms with van der Waals surface area (Å²) in [6.45, 7) is 1.02. The van der Waals surface area contributed by atoms with Crippen LogP contribution in [0.3, 0.4) is 0 Å². The maximum atomic E-state index is 12.3. The van der Waals surface area contributed by atoms with Gasteiger partial charge in [0.15, 0.2) is 0 Å². The van der Waals surface area contributed by atoms with Crippen molar-refractivity contribution in [3.63, 3.8) is 0 Å². The van der Waals surface area contributed by atoms with E-state index in [1.807, 2.05) is 0 Å². The van der Waals surface area contributed by atoms with Crippen LogP contribution in [0.2, 0.25) is 0 Å². The predicted molar refractivity (Wildman–Crippen MR) is 91.5 cm³/mol. The van der Waals surface area contributed by atoms with Gasteiger partial charge in [0.05, 0.1) is 12.6 Å². The van der Waals surface area contributed by atoms with Crippen molar-refractivity contribution in [2.45, 2.75) is 56.7 Å². The van der Waals surface area contributed by atoms with Crippen molar-refractivity contribution < 1.29 is 14.3 Å². The van der Waals surface area contributed by atoms with E-state index in [0.29, 0.717) is 31.0 Å². The molecule has 0 aromatic rings. The number of nitrogens with zero attached hydrogens (tertiary/aromatic N) is 3. The van der Waals surface area contributed by atoms with E-state index in [2.05, 4.69) is 11.4 Å². The minimum Gasteiger partial charge on any atom is -0.446 e. The summed E-state index contributed by atoms with van der Waals surface area (Å²) in [5.74, 6) is 1.19. The summed E-state index contributed by atoms with van der Waals surface area (Å²) in [5, 5.41) is 12.5. The van der Waals surface area contributed by atoms with Crippen LogP contribution in [0.5, 0.6) is 0 Å². The molecule has 2 aliphatic carbocycles. The van der Waals surface area contributed by atoms with Gasteiger partial charge in [0.25, 0.3) is 0 Å². The number of ether oxygens (including phenoxy) is 1. The molecule has 0 bridgehead atoms. The predicted octanol–water partition coefficient (Wildman–Crippen LogP) is 1.35. The van der Waals surface area contributed by atoms with Crippen LogP contribution in [0.15, 0.2) is 0 Å². The van der Waals surface area contributed by atoms with Gasteiger partial charge in [-0.05, 0) is 50.4 Å². The summed E-state index contributed by atoms with van der Waals surface area (Å²) in [7, 11) is 3.40. The first-order chi connectivity index (χ1) is 12.0. The maximum absolute atomic E-state index is 12.3. The number of carbonyl (C=O) groups excluding carboxylic acids is 2. The number of amides is 2. The van der Waals surface area contributed by atoms with Crippen molar-refractivity contribution in [2.24, 2.45) is 11.8 Å². The standard InChI is InChI=1S/C18H28N4O3/c1-21(2)18(24)25-16-8-12-6-14(7-13(12)9-16)20-11-17(23)22-5-3-4-15(22)10-19/h12-16,20H,3-9,11H2,1-2H3/t12-,13+,14?,15-,16?/m0/s1. The summed E-state index contributed by atoms with van der Waals surface area (Å²) in [5.41, 5.74) is 0. The second kappa shape index (κ2) is 7.61. The number of fused-ring (bicyclic) bond motifs is 1. The van der Waals surface area contributed by atoms with E-state index in [1.54, 1.807) is 19.0 Å². The molecule has 7 nitrogen and oxygen atoms in total. The lowest BCUT2D eigenvalue weighted by atomic mass is 10.0. The average molecular weight is 348 g/mol. The summed E-state index contributed by atoms with van der Waals surface area (Å²) in [4.78, 5) is 27.1. The molecule has 2 saturated carbocycles. The Hall–Kier alpha value is -1.81. The molecule has 5 atom stereocenters. The fourth-order valence-corrected chi connectivity index (χ4v) is 4.60. The highest BCUT2D eigenvalue weighted by atomic mass is 16.6. The molecule has 7 heteroatoms. The first kappa shape index (κ1) is 18.0. The lowest BCUT2D eigenvalue weighted by Gasteiger charge is -2.22. The van der Waals surface area contributed by atoms with E-state index in [-0.39, 0.29) is 24.1 Å². The Kier molecular flexibility index (Phi) is 5.48. The molecule has 25 heavy (non-hydrogen) atoms. The molecule has 0 aromatic carbocycles. The van der Waals surface area contributed by atoms with E-state index < -0.39 is 0 Å². The Morgan fingerprint density at radius 2 is 1.92 bits per heavy atom. The third kappa shape index (κ3) is 4.06. The normalized spacial score (nSPS) is 33.8. The van der Waals surface area contributed by atoms with Crippen LogP contribution in [0.1, 0.15) is 38.5 Å². The van der Waals surface area contributed by atoms with Gasteiger partial charge in [0.2, 0.25) is 5.91 Å². The van der Waals surface area contributed by atoms with Gasteiger partial charge in [0, 0.05) is 26.7 Å². The van der Waals surface area contributed by atoms with E-state index in [4.69, 9.17) is 10.00 Å². The molecule has 138 valence electrons. The fourth-order valence-electron chi connectivity index (χ4n) is 4.60. The molecule has 1 saturated heterocycles. The lowest BCUT2D eigenvalue weighted by molar-refractivity contribution is -0.130. The van der Waals surface area contributed by atoms with Crippen LogP contribution < -0.4 is 5.32 Å². The largest absolute Gasteiger partial charge is 0.446 e. The molecule has 1 aliphatic heterocycles. The van der Waals surface area contributed by atoms with E-state index >= 15 is 0 Å². The van der Waals surface area contributed by atoms with Gasteiger partial charge in [-0.25, -0.2) is 4.79 Å². The van der Waals surface area contributed by atoms with Gasteiger partial charge in [0.1, 0.15) is 12.1 Å². The molecule has 3 rings (SSSR count). The number of likely N-dealkylation sites (tertiary alicyclic amines) is 1. The molecule has 3 fully saturated rings.